The predicted molar refractivity (Wildman–Crippen MR) is 74.2 cm³/mol. The molecule has 1 aliphatic carbocycles. The number of nitrogens with two attached hydrogens (primary N) is 1. The van der Waals surface area contributed by atoms with Crippen LogP contribution in [0.5, 0.6) is 0 Å². The van der Waals surface area contributed by atoms with Crippen molar-refractivity contribution >= 4 is 5.69 Å². The minimum Gasteiger partial charge on any atom is -0.397 e. The number of nitrogen functional groups attached to an aromatic ring is 1. The molecule has 1 saturated carbocycles. The van der Waals surface area contributed by atoms with E-state index >= 15 is 0 Å². The molecule has 100 valence electrons. The molecule has 2 rings (SSSR count). The van der Waals surface area contributed by atoms with Gasteiger partial charge in [0.05, 0.1) is 17.5 Å². The fourth-order valence-corrected chi connectivity index (χ4v) is 3.58. The zero-order chi connectivity index (χ0) is 13.3. The molecule has 1 aromatic heterocycles. The zero-order valence-electron chi connectivity index (χ0n) is 11.6. The third kappa shape index (κ3) is 2.12. The van der Waals surface area contributed by atoms with Gasteiger partial charge in [-0.3, -0.25) is 4.98 Å². The monoisotopic (exact) mass is 248 g/mol. The fourth-order valence-electron chi connectivity index (χ4n) is 3.58. The molecule has 0 aromatic carbocycles. The molecule has 1 heterocycles. The highest BCUT2D eigenvalue weighted by molar-refractivity contribution is 5.46. The quantitative estimate of drug-likeness (QED) is 0.846. The van der Waals surface area contributed by atoms with Crippen LogP contribution in [0.25, 0.3) is 0 Å². The molecule has 18 heavy (non-hydrogen) atoms. The second kappa shape index (κ2) is 4.88. The Morgan fingerprint density at radius 1 is 1.39 bits per heavy atom. The minimum atomic E-state index is -0.516. The third-order valence-corrected chi connectivity index (χ3v) is 4.88. The van der Waals surface area contributed by atoms with Gasteiger partial charge in [0, 0.05) is 6.20 Å². The third-order valence-electron chi connectivity index (χ3n) is 4.88. The summed E-state index contributed by atoms with van der Waals surface area (Å²) in [6.45, 7) is 6.39. The van der Waals surface area contributed by atoms with E-state index in [1.54, 1.807) is 6.20 Å². The van der Waals surface area contributed by atoms with Crippen molar-refractivity contribution in [1.82, 2.24) is 4.98 Å². The van der Waals surface area contributed by atoms with Crippen LogP contribution in [-0.4, -0.2) is 15.7 Å². The van der Waals surface area contributed by atoms with E-state index in [1.807, 2.05) is 12.3 Å². The van der Waals surface area contributed by atoms with Crippen LogP contribution >= 0.6 is 0 Å². The normalized spacial score (nSPS) is 36.6. The van der Waals surface area contributed by atoms with E-state index in [1.165, 1.54) is 5.56 Å². The summed E-state index contributed by atoms with van der Waals surface area (Å²) in [5.74, 6) is 1.07. The second-order valence-corrected chi connectivity index (χ2v) is 5.82. The summed E-state index contributed by atoms with van der Waals surface area (Å²) in [5, 5.41) is 10.7. The van der Waals surface area contributed by atoms with Gasteiger partial charge >= 0.3 is 0 Å². The number of hydrogen-bond acceptors (Lipinski definition) is 3. The Morgan fingerprint density at radius 2 is 2.00 bits per heavy atom. The number of nitrogens with zero attached hydrogens (tertiary/aromatic N) is 1. The Kier molecular flexibility index (Phi) is 3.62. The number of aromatic nitrogens is 1. The maximum absolute atomic E-state index is 10.7. The number of rotatable bonds is 2. The lowest BCUT2D eigenvalue weighted by atomic mass is 9.63. The van der Waals surface area contributed by atoms with Crippen LogP contribution < -0.4 is 5.73 Å². The number of pyridine rings is 1. The van der Waals surface area contributed by atoms with E-state index in [9.17, 15) is 5.11 Å². The van der Waals surface area contributed by atoms with Crippen molar-refractivity contribution in [2.24, 2.45) is 11.8 Å². The number of anilines is 1. The summed E-state index contributed by atoms with van der Waals surface area (Å²) in [6, 6.07) is 2.02. The van der Waals surface area contributed by atoms with Gasteiger partial charge in [0.2, 0.25) is 0 Å². The molecule has 0 amide bonds. The summed E-state index contributed by atoms with van der Waals surface area (Å²) in [5.41, 5.74) is 7.48. The van der Waals surface area contributed by atoms with Crippen molar-refractivity contribution in [2.45, 2.75) is 51.6 Å². The maximum atomic E-state index is 10.7. The average Bonchev–Trinajstić information content (AvgIpc) is 2.36. The molecule has 0 saturated heterocycles. The molecule has 0 aliphatic heterocycles. The molecular weight excluding hydrogens is 224 g/mol. The van der Waals surface area contributed by atoms with Crippen molar-refractivity contribution in [1.29, 1.82) is 0 Å². The standard InChI is InChI=1S/C15H24N2O/c1-4-15(18)10(2)7-12(8-11(15)3)13-5-6-17-9-14(13)16/h5-6,9-12,18H,4,7-8,16H2,1-3H3/t10-,11+,12+,15+. The van der Waals surface area contributed by atoms with Gasteiger partial charge in [-0.15, -0.1) is 0 Å². The first-order valence-corrected chi connectivity index (χ1v) is 6.90. The molecule has 3 N–H and O–H groups in total. The van der Waals surface area contributed by atoms with E-state index in [0.29, 0.717) is 17.8 Å². The molecule has 0 bridgehead atoms. The summed E-state index contributed by atoms with van der Waals surface area (Å²) in [6.07, 6.45) is 6.37. The lowest BCUT2D eigenvalue weighted by Gasteiger charge is -2.46. The van der Waals surface area contributed by atoms with Gasteiger partial charge < -0.3 is 10.8 Å². The minimum absolute atomic E-state index is 0.309. The molecule has 0 unspecified atom stereocenters. The van der Waals surface area contributed by atoms with Crippen molar-refractivity contribution in [3.05, 3.63) is 24.0 Å². The Hall–Kier alpha value is -1.09. The van der Waals surface area contributed by atoms with Crippen LogP contribution in [0.15, 0.2) is 18.5 Å². The summed E-state index contributed by atoms with van der Waals surface area (Å²) in [4.78, 5) is 4.05. The molecular formula is C15H24N2O. The highest BCUT2D eigenvalue weighted by Crippen LogP contribution is 2.47. The van der Waals surface area contributed by atoms with E-state index < -0.39 is 5.60 Å². The smallest absolute Gasteiger partial charge is 0.0696 e. The molecule has 4 atom stereocenters. The highest BCUT2D eigenvalue weighted by Gasteiger charge is 2.43. The first-order valence-electron chi connectivity index (χ1n) is 6.90. The Morgan fingerprint density at radius 3 is 2.50 bits per heavy atom. The zero-order valence-corrected chi connectivity index (χ0v) is 11.6. The molecule has 0 radical (unpaired) electrons. The summed E-state index contributed by atoms with van der Waals surface area (Å²) >= 11 is 0. The van der Waals surface area contributed by atoms with Gasteiger partial charge in [-0.05, 0) is 48.6 Å². The van der Waals surface area contributed by atoms with Gasteiger partial charge in [-0.25, -0.2) is 0 Å². The van der Waals surface area contributed by atoms with Crippen LogP contribution in [0.3, 0.4) is 0 Å². The second-order valence-electron chi connectivity index (χ2n) is 5.82. The molecule has 1 aromatic rings. The number of aliphatic hydroxyl groups is 1. The molecule has 1 aliphatic rings. The Bertz CT molecular complexity index is 407. The topological polar surface area (TPSA) is 59.1 Å². The van der Waals surface area contributed by atoms with Crippen molar-refractivity contribution in [3.63, 3.8) is 0 Å². The van der Waals surface area contributed by atoms with Crippen LogP contribution in [0.2, 0.25) is 0 Å². The number of hydrogen-bond donors (Lipinski definition) is 2. The van der Waals surface area contributed by atoms with Gasteiger partial charge in [-0.1, -0.05) is 20.8 Å². The average molecular weight is 248 g/mol. The van der Waals surface area contributed by atoms with E-state index in [4.69, 9.17) is 5.73 Å². The van der Waals surface area contributed by atoms with Crippen LogP contribution in [0, 0.1) is 11.8 Å². The summed E-state index contributed by atoms with van der Waals surface area (Å²) in [7, 11) is 0. The Balaban J connectivity index is 2.23. The van der Waals surface area contributed by atoms with E-state index in [0.717, 1.165) is 24.9 Å². The van der Waals surface area contributed by atoms with Crippen LogP contribution in [-0.2, 0) is 0 Å². The van der Waals surface area contributed by atoms with E-state index in [-0.39, 0.29) is 0 Å². The van der Waals surface area contributed by atoms with Crippen molar-refractivity contribution in [2.75, 3.05) is 5.73 Å². The fraction of sp³-hybridized carbons (Fsp3) is 0.667. The largest absolute Gasteiger partial charge is 0.397 e. The van der Waals surface area contributed by atoms with Gasteiger partial charge in [-0.2, -0.15) is 0 Å². The first-order chi connectivity index (χ1) is 8.49. The summed E-state index contributed by atoms with van der Waals surface area (Å²) < 4.78 is 0. The van der Waals surface area contributed by atoms with Gasteiger partial charge in [0.15, 0.2) is 0 Å². The van der Waals surface area contributed by atoms with Gasteiger partial charge in [0.1, 0.15) is 0 Å². The lowest BCUT2D eigenvalue weighted by molar-refractivity contribution is -0.0900. The SMILES string of the molecule is CC[C@]1(O)[C@H](C)C[C@H](c2ccncc2N)C[C@@H]1C. The molecule has 0 spiro atoms. The highest BCUT2D eigenvalue weighted by atomic mass is 16.3. The molecule has 1 fully saturated rings. The molecule has 3 heteroatoms. The maximum Gasteiger partial charge on any atom is 0.0696 e. The van der Waals surface area contributed by atoms with Crippen molar-refractivity contribution < 1.29 is 5.11 Å². The molecule has 3 nitrogen and oxygen atoms in total. The van der Waals surface area contributed by atoms with Crippen LogP contribution in [0.4, 0.5) is 5.69 Å². The van der Waals surface area contributed by atoms with Gasteiger partial charge in [0.25, 0.3) is 0 Å². The van der Waals surface area contributed by atoms with Crippen molar-refractivity contribution in [3.8, 4) is 0 Å². The Labute approximate surface area is 109 Å². The van der Waals surface area contributed by atoms with Crippen LogP contribution in [0.1, 0.15) is 51.5 Å². The lowest BCUT2D eigenvalue weighted by Crippen LogP contribution is -2.47. The van der Waals surface area contributed by atoms with E-state index in [2.05, 4.69) is 25.8 Å². The first kappa shape index (κ1) is 13.3. The predicted octanol–water partition coefficient (Wildman–Crippen LogP) is 2.95.